The molecule has 1 aliphatic heterocycles. The van der Waals surface area contributed by atoms with Gasteiger partial charge in [-0.2, -0.15) is 0 Å². The minimum Gasteiger partial charge on any atom is -0.495 e. The molecule has 1 saturated carbocycles. The van der Waals surface area contributed by atoms with Crippen LogP contribution in [0.15, 0.2) is 47.4 Å². The van der Waals surface area contributed by atoms with Gasteiger partial charge in [0.1, 0.15) is 5.75 Å². The van der Waals surface area contributed by atoms with Crippen molar-refractivity contribution in [3.63, 3.8) is 0 Å². The maximum atomic E-state index is 13.6. The Bertz CT molecular complexity index is 960. The minimum atomic E-state index is -0.0944. The van der Waals surface area contributed by atoms with E-state index in [1.165, 1.54) is 19.3 Å². The molecule has 1 heterocycles. The fourth-order valence-corrected chi connectivity index (χ4v) is 7.84. The molecule has 2 aromatic rings. The third kappa shape index (κ3) is 5.19. The predicted molar refractivity (Wildman–Crippen MR) is 146 cm³/mol. The van der Waals surface area contributed by atoms with Crippen molar-refractivity contribution in [2.75, 3.05) is 12.4 Å². The van der Waals surface area contributed by atoms with Gasteiger partial charge in [0.15, 0.2) is 5.50 Å². The number of methoxy groups -OCH3 is 1. The fourth-order valence-electron chi connectivity index (χ4n) is 4.38. The van der Waals surface area contributed by atoms with Gasteiger partial charge in [0.05, 0.1) is 19.2 Å². The normalized spacial score (nSPS) is 25.2. The molecule has 4 nitrogen and oxygen atoms in total. The highest BCUT2D eigenvalue weighted by atomic mass is 127. The number of carbonyl (C=O) groups excluding carboxylic acids is 1. The highest BCUT2D eigenvalue weighted by molar-refractivity contribution is 14.1. The number of hydrogen-bond acceptors (Lipinski definition) is 4. The quantitative estimate of drug-likeness (QED) is 0.283. The maximum Gasteiger partial charge on any atom is 0.262 e. The number of nitrogens with zero attached hydrogens (tertiary/aromatic N) is 1. The molecule has 1 saturated heterocycles. The van der Waals surface area contributed by atoms with E-state index in [-0.39, 0.29) is 17.4 Å². The molecule has 164 valence electrons. The van der Waals surface area contributed by atoms with Crippen LogP contribution in [0.2, 0.25) is 0 Å². The van der Waals surface area contributed by atoms with Crippen LogP contribution in [0.1, 0.15) is 38.2 Å². The van der Waals surface area contributed by atoms with Crippen LogP contribution in [0.3, 0.4) is 0 Å². The smallest absolute Gasteiger partial charge is 0.262 e. The lowest BCUT2D eigenvalue weighted by Crippen LogP contribution is -2.48. The van der Waals surface area contributed by atoms with Crippen LogP contribution in [0, 0.1) is 13.1 Å². The summed E-state index contributed by atoms with van der Waals surface area (Å²) in [4.78, 5) is 16.5. The van der Waals surface area contributed by atoms with Crippen LogP contribution in [-0.4, -0.2) is 29.5 Å². The second-order valence-corrected chi connectivity index (χ2v) is 11.5. The summed E-state index contributed by atoms with van der Waals surface area (Å²) in [6.45, 7) is 2.29. The van der Waals surface area contributed by atoms with E-state index in [9.17, 15) is 4.79 Å². The first-order valence-corrected chi connectivity index (χ1v) is 13.6. The van der Waals surface area contributed by atoms with E-state index in [0.717, 1.165) is 35.5 Å². The number of amides is 1. The van der Waals surface area contributed by atoms with Crippen molar-refractivity contribution < 1.29 is 9.53 Å². The Hall–Kier alpha value is -0.940. The number of carbonyl (C=O) groups is 1. The maximum absolute atomic E-state index is 13.6. The number of anilines is 1. The molecule has 4 rings (SSSR count). The van der Waals surface area contributed by atoms with Crippen LogP contribution in [-0.2, 0) is 4.79 Å². The molecule has 1 unspecified atom stereocenters. The Morgan fingerprint density at radius 2 is 1.81 bits per heavy atom. The summed E-state index contributed by atoms with van der Waals surface area (Å²) in [6.07, 6.45) is 6.74. The van der Waals surface area contributed by atoms with Gasteiger partial charge in [-0.05, 0) is 99.8 Å². The summed E-state index contributed by atoms with van der Waals surface area (Å²) in [5.41, 5.74) is 1.97. The van der Waals surface area contributed by atoms with Crippen molar-refractivity contribution in [2.24, 2.45) is 5.92 Å². The summed E-state index contributed by atoms with van der Waals surface area (Å²) in [5, 5.41) is 3.60. The van der Waals surface area contributed by atoms with Crippen molar-refractivity contribution in [3.05, 3.63) is 60.1 Å². The fraction of sp³-hybridized carbons (Fsp3) is 0.375. The second-order valence-electron chi connectivity index (χ2n) is 8.05. The molecule has 3 atom stereocenters. The van der Waals surface area contributed by atoms with Gasteiger partial charge in [-0.25, -0.2) is 0 Å². The highest BCUT2D eigenvalue weighted by Crippen LogP contribution is 2.42. The van der Waals surface area contributed by atoms with Crippen LogP contribution in [0.5, 0.6) is 5.75 Å². The van der Waals surface area contributed by atoms with Crippen LogP contribution >= 0.6 is 56.9 Å². The van der Waals surface area contributed by atoms with Crippen LogP contribution in [0.25, 0.3) is 6.08 Å². The number of hydrogen-bond donors (Lipinski definition) is 1. The number of halogens is 2. The highest BCUT2D eigenvalue weighted by Gasteiger charge is 2.42. The average Bonchev–Trinajstić information content (AvgIpc) is 3.03. The number of nitrogens with one attached hydrogen (secondary N) is 1. The van der Waals surface area contributed by atoms with E-state index < -0.39 is 0 Å². The van der Waals surface area contributed by atoms with Gasteiger partial charge in [-0.15, -0.1) is 0 Å². The topological polar surface area (TPSA) is 41.6 Å². The average molecular weight is 660 g/mol. The Morgan fingerprint density at radius 3 is 2.45 bits per heavy atom. The van der Waals surface area contributed by atoms with Gasteiger partial charge < -0.3 is 15.0 Å². The third-order valence-electron chi connectivity index (χ3n) is 5.95. The first kappa shape index (κ1) is 23.2. The van der Waals surface area contributed by atoms with Gasteiger partial charge in [-0.1, -0.05) is 49.7 Å². The number of ether oxygens (including phenoxy) is 1. The lowest BCUT2D eigenvalue weighted by molar-refractivity contribution is -0.129. The molecule has 0 aromatic heterocycles. The van der Waals surface area contributed by atoms with Gasteiger partial charge in [-0.3, -0.25) is 4.79 Å². The Morgan fingerprint density at radius 1 is 1.13 bits per heavy atom. The molecule has 1 aliphatic carbocycles. The first-order chi connectivity index (χ1) is 15.0. The van der Waals surface area contributed by atoms with Gasteiger partial charge in [0.2, 0.25) is 0 Å². The zero-order valence-corrected chi connectivity index (χ0v) is 22.7. The number of para-hydroxylation sites is 1. The van der Waals surface area contributed by atoms with Crippen LogP contribution < -0.4 is 10.1 Å². The zero-order valence-electron chi connectivity index (χ0n) is 17.6. The molecule has 2 aliphatic rings. The van der Waals surface area contributed by atoms with E-state index >= 15 is 0 Å². The molecule has 31 heavy (non-hydrogen) atoms. The summed E-state index contributed by atoms with van der Waals surface area (Å²) in [7, 11) is 1.69. The zero-order chi connectivity index (χ0) is 22.0. The van der Waals surface area contributed by atoms with E-state index in [4.69, 9.17) is 4.74 Å². The number of thioether (sulfide) groups is 1. The first-order valence-electron chi connectivity index (χ1n) is 10.5. The molecule has 2 aromatic carbocycles. The monoisotopic (exact) mass is 660 g/mol. The minimum absolute atomic E-state index is 0.0944. The summed E-state index contributed by atoms with van der Waals surface area (Å²) < 4.78 is 7.58. The van der Waals surface area contributed by atoms with Crippen LogP contribution in [0.4, 0.5) is 5.69 Å². The Labute approximate surface area is 215 Å². The number of benzene rings is 2. The molecule has 7 heteroatoms. The molecule has 1 amide bonds. The number of rotatable bonds is 5. The van der Waals surface area contributed by atoms with Crippen molar-refractivity contribution in [3.8, 4) is 5.75 Å². The largest absolute Gasteiger partial charge is 0.495 e. The Kier molecular flexibility index (Phi) is 7.74. The third-order valence-corrected chi connectivity index (χ3v) is 8.66. The molecular weight excluding hydrogens is 634 g/mol. The molecule has 2 fully saturated rings. The molecule has 0 spiro atoms. The molecular formula is C24H26I2N2O2S. The van der Waals surface area contributed by atoms with Crippen molar-refractivity contribution in [1.82, 2.24) is 4.90 Å². The molecule has 0 radical (unpaired) electrons. The van der Waals surface area contributed by atoms with E-state index in [1.807, 2.05) is 24.3 Å². The standard InChI is InChI=1S/C24H26I2N2O2S/c1-15-8-6-7-11-20(15)28-23(29)21(31-24(28)27-17-9-4-3-5-10-17)14-16-12-18(25)22(30-2)19(26)13-16/h3-5,9-10,12-15,20,24,27H,6-8,11H2,1-2H3/b21-14-/t15-,20+,24?/m0/s1. The summed E-state index contributed by atoms with van der Waals surface area (Å²) in [6, 6.07) is 14.6. The summed E-state index contributed by atoms with van der Waals surface area (Å²) >= 11 is 6.21. The SMILES string of the molecule is COc1c(I)cc(/C=C2\SC(Nc3ccccc3)N([C@@H]3CCCC[C@@H]3C)C2=O)cc1I. The van der Waals surface area contributed by atoms with Crippen molar-refractivity contribution in [2.45, 2.75) is 44.1 Å². The van der Waals surface area contributed by atoms with Gasteiger partial charge in [0, 0.05) is 11.7 Å². The lowest BCUT2D eigenvalue weighted by Gasteiger charge is -2.39. The molecule has 0 bridgehead atoms. The van der Waals surface area contributed by atoms with Crippen molar-refractivity contribution >= 4 is 74.6 Å². The Balaban J connectivity index is 1.66. The second kappa shape index (κ2) is 10.3. The van der Waals surface area contributed by atoms with Gasteiger partial charge in [0.25, 0.3) is 5.91 Å². The predicted octanol–water partition coefficient (Wildman–Crippen LogP) is 6.80. The van der Waals surface area contributed by atoms with Gasteiger partial charge >= 0.3 is 0 Å². The van der Waals surface area contributed by atoms with E-state index in [1.54, 1.807) is 18.9 Å². The van der Waals surface area contributed by atoms with E-state index in [2.05, 4.69) is 86.6 Å². The lowest BCUT2D eigenvalue weighted by atomic mass is 9.85. The molecule has 1 N–H and O–H groups in total. The van der Waals surface area contributed by atoms with E-state index in [0.29, 0.717) is 5.92 Å². The summed E-state index contributed by atoms with van der Waals surface area (Å²) in [5.74, 6) is 1.54. The van der Waals surface area contributed by atoms with Crippen molar-refractivity contribution in [1.29, 1.82) is 0 Å².